The molecule has 1 aliphatic rings. The number of benzene rings is 1. The van der Waals surface area contributed by atoms with Crippen molar-refractivity contribution in [2.75, 3.05) is 32.7 Å². The standard InChI is InChI=1S/C20H30N6O.HI/c1-4-18(17-9-7-6-8-10-17)25-11-13-26(14-12-25)20(21-5-2)22-15-19-23-16(3)27-24-19;/h6-10,18H,4-5,11-15H2,1-3H3,(H,21,22);1H. The van der Waals surface area contributed by atoms with E-state index in [0.717, 1.165) is 45.1 Å². The summed E-state index contributed by atoms with van der Waals surface area (Å²) in [5.74, 6) is 2.12. The maximum Gasteiger partial charge on any atom is 0.223 e. The number of aromatic nitrogens is 2. The van der Waals surface area contributed by atoms with E-state index >= 15 is 0 Å². The van der Waals surface area contributed by atoms with Crippen LogP contribution in [-0.2, 0) is 6.54 Å². The van der Waals surface area contributed by atoms with E-state index in [1.165, 1.54) is 5.56 Å². The van der Waals surface area contributed by atoms with Crippen LogP contribution in [0.2, 0.25) is 0 Å². The predicted octanol–water partition coefficient (Wildman–Crippen LogP) is 3.23. The highest BCUT2D eigenvalue weighted by Crippen LogP contribution is 2.25. The minimum atomic E-state index is 0. The average molecular weight is 498 g/mol. The average Bonchev–Trinajstić information content (AvgIpc) is 3.12. The van der Waals surface area contributed by atoms with Crippen molar-refractivity contribution in [3.05, 3.63) is 47.6 Å². The summed E-state index contributed by atoms with van der Waals surface area (Å²) in [5.41, 5.74) is 1.40. The Bertz CT molecular complexity index is 727. The number of rotatable bonds is 6. The molecule has 0 aliphatic carbocycles. The van der Waals surface area contributed by atoms with Gasteiger partial charge in [-0.05, 0) is 18.9 Å². The van der Waals surface area contributed by atoms with Gasteiger partial charge in [-0.1, -0.05) is 42.4 Å². The summed E-state index contributed by atoms with van der Waals surface area (Å²) >= 11 is 0. The number of guanidine groups is 1. The quantitative estimate of drug-likeness (QED) is 0.375. The summed E-state index contributed by atoms with van der Waals surface area (Å²) in [6, 6.07) is 11.3. The number of nitrogens with zero attached hydrogens (tertiary/aromatic N) is 5. The SMILES string of the molecule is CCNC(=NCc1noc(C)n1)N1CCN(C(CC)c2ccccc2)CC1.I. The number of hydrogen-bond donors (Lipinski definition) is 1. The van der Waals surface area contributed by atoms with Gasteiger partial charge in [0.25, 0.3) is 0 Å². The van der Waals surface area contributed by atoms with Crippen LogP contribution < -0.4 is 5.32 Å². The molecule has 0 spiro atoms. The monoisotopic (exact) mass is 498 g/mol. The number of aryl methyl sites for hydroxylation is 1. The fraction of sp³-hybridized carbons (Fsp3) is 0.550. The lowest BCUT2D eigenvalue weighted by molar-refractivity contribution is 0.127. The van der Waals surface area contributed by atoms with E-state index in [0.29, 0.717) is 24.3 Å². The van der Waals surface area contributed by atoms with Crippen LogP contribution in [0.3, 0.4) is 0 Å². The first-order chi connectivity index (χ1) is 13.2. The van der Waals surface area contributed by atoms with Gasteiger partial charge in [-0.2, -0.15) is 4.98 Å². The zero-order valence-electron chi connectivity index (χ0n) is 17.0. The Balaban J connectivity index is 0.00000280. The third-order valence-electron chi connectivity index (χ3n) is 4.90. The first-order valence-electron chi connectivity index (χ1n) is 9.82. The van der Waals surface area contributed by atoms with Gasteiger partial charge in [0, 0.05) is 45.7 Å². The number of hydrogen-bond acceptors (Lipinski definition) is 5. The summed E-state index contributed by atoms with van der Waals surface area (Å²) in [6.07, 6.45) is 1.12. The molecule has 7 nitrogen and oxygen atoms in total. The van der Waals surface area contributed by atoms with Crippen molar-refractivity contribution in [3.8, 4) is 0 Å². The third-order valence-corrected chi connectivity index (χ3v) is 4.90. The fourth-order valence-electron chi connectivity index (χ4n) is 3.60. The van der Waals surface area contributed by atoms with Crippen LogP contribution in [-0.4, -0.2) is 58.6 Å². The number of halogens is 1. The lowest BCUT2D eigenvalue weighted by atomic mass is 10.0. The fourth-order valence-corrected chi connectivity index (χ4v) is 3.60. The zero-order chi connectivity index (χ0) is 19.1. The zero-order valence-corrected chi connectivity index (χ0v) is 19.3. The molecule has 2 aromatic rings. The summed E-state index contributed by atoms with van der Waals surface area (Å²) in [4.78, 5) is 13.8. The highest BCUT2D eigenvalue weighted by Gasteiger charge is 2.25. The van der Waals surface area contributed by atoms with E-state index in [2.05, 4.69) is 69.4 Å². The molecule has 1 atom stereocenters. The summed E-state index contributed by atoms with van der Waals surface area (Å²) in [7, 11) is 0. The largest absolute Gasteiger partial charge is 0.357 e. The van der Waals surface area contributed by atoms with Gasteiger partial charge in [0.15, 0.2) is 11.8 Å². The van der Waals surface area contributed by atoms with E-state index in [1.807, 2.05) is 0 Å². The molecule has 1 aromatic carbocycles. The smallest absolute Gasteiger partial charge is 0.223 e. The van der Waals surface area contributed by atoms with E-state index in [-0.39, 0.29) is 24.0 Å². The number of nitrogens with one attached hydrogen (secondary N) is 1. The van der Waals surface area contributed by atoms with Crippen LogP contribution in [0, 0.1) is 6.92 Å². The van der Waals surface area contributed by atoms with Crippen LogP contribution >= 0.6 is 24.0 Å². The third kappa shape index (κ3) is 5.91. The minimum Gasteiger partial charge on any atom is -0.357 e. The van der Waals surface area contributed by atoms with Gasteiger partial charge < -0.3 is 14.7 Å². The molecule has 2 heterocycles. The Labute approximate surface area is 184 Å². The van der Waals surface area contributed by atoms with Crippen LogP contribution in [0.4, 0.5) is 0 Å². The van der Waals surface area contributed by atoms with E-state index in [1.54, 1.807) is 6.92 Å². The molecule has 1 aromatic heterocycles. The minimum absolute atomic E-state index is 0. The van der Waals surface area contributed by atoms with E-state index in [9.17, 15) is 0 Å². The lowest BCUT2D eigenvalue weighted by Crippen LogP contribution is -2.53. The summed E-state index contributed by atoms with van der Waals surface area (Å²) in [5, 5.41) is 7.32. The van der Waals surface area contributed by atoms with Gasteiger partial charge in [-0.15, -0.1) is 24.0 Å². The van der Waals surface area contributed by atoms with Crippen molar-refractivity contribution in [2.24, 2.45) is 4.99 Å². The Morgan fingerprint density at radius 3 is 2.46 bits per heavy atom. The molecule has 0 saturated carbocycles. The van der Waals surface area contributed by atoms with Gasteiger partial charge in [0.1, 0.15) is 6.54 Å². The normalized spacial score (nSPS) is 16.5. The second-order valence-corrected chi connectivity index (χ2v) is 6.76. The molecule has 1 unspecified atom stereocenters. The summed E-state index contributed by atoms with van der Waals surface area (Å²) in [6.45, 7) is 11.4. The number of aliphatic imine (C=N–C) groups is 1. The predicted molar refractivity (Wildman–Crippen MR) is 122 cm³/mol. The Morgan fingerprint density at radius 2 is 1.89 bits per heavy atom. The second-order valence-electron chi connectivity index (χ2n) is 6.76. The van der Waals surface area contributed by atoms with Gasteiger partial charge in [-0.3, -0.25) is 4.90 Å². The summed E-state index contributed by atoms with van der Waals surface area (Å²) < 4.78 is 5.03. The maximum atomic E-state index is 5.03. The van der Waals surface area contributed by atoms with Gasteiger partial charge in [0.05, 0.1) is 0 Å². The molecule has 1 fully saturated rings. The van der Waals surface area contributed by atoms with Gasteiger partial charge in [0.2, 0.25) is 5.89 Å². The molecule has 1 aliphatic heterocycles. The van der Waals surface area contributed by atoms with Crippen molar-refractivity contribution in [3.63, 3.8) is 0 Å². The van der Waals surface area contributed by atoms with Crippen LogP contribution in [0.1, 0.15) is 43.6 Å². The topological polar surface area (TPSA) is 69.8 Å². The Kier molecular flexibility index (Phi) is 9.17. The molecule has 3 rings (SSSR count). The Hall–Kier alpha value is -1.68. The van der Waals surface area contributed by atoms with Crippen LogP contribution in [0.5, 0.6) is 0 Å². The first kappa shape index (κ1) is 22.6. The second kappa shape index (κ2) is 11.4. The molecule has 28 heavy (non-hydrogen) atoms. The van der Waals surface area contributed by atoms with E-state index in [4.69, 9.17) is 9.52 Å². The lowest BCUT2D eigenvalue weighted by Gasteiger charge is -2.40. The first-order valence-corrected chi connectivity index (χ1v) is 9.82. The molecule has 1 saturated heterocycles. The Morgan fingerprint density at radius 1 is 1.18 bits per heavy atom. The molecular formula is C20H31IN6O. The van der Waals surface area contributed by atoms with Gasteiger partial charge >= 0.3 is 0 Å². The molecule has 154 valence electrons. The maximum absolute atomic E-state index is 5.03. The number of piperazine rings is 1. The van der Waals surface area contributed by atoms with E-state index < -0.39 is 0 Å². The molecule has 0 radical (unpaired) electrons. The van der Waals surface area contributed by atoms with Gasteiger partial charge in [-0.25, -0.2) is 4.99 Å². The molecule has 0 bridgehead atoms. The van der Waals surface area contributed by atoms with Crippen molar-refractivity contribution in [1.29, 1.82) is 0 Å². The van der Waals surface area contributed by atoms with Crippen molar-refractivity contribution in [1.82, 2.24) is 25.3 Å². The molecular weight excluding hydrogens is 467 g/mol. The van der Waals surface area contributed by atoms with Crippen LogP contribution in [0.15, 0.2) is 39.8 Å². The molecule has 0 amide bonds. The highest BCUT2D eigenvalue weighted by atomic mass is 127. The van der Waals surface area contributed by atoms with Crippen LogP contribution in [0.25, 0.3) is 0 Å². The highest BCUT2D eigenvalue weighted by molar-refractivity contribution is 14.0. The molecule has 8 heteroatoms. The van der Waals surface area contributed by atoms with Crippen molar-refractivity contribution in [2.45, 2.75) is 39.8 Å². The van der Waals surface area contributed by atoms with Crippen molar-refractivity contribution >= 4 is 29.9 Å². The van der Waals surface area contributed by atoms with Crippen molar-refractivity contribution < 1.29 is 4.52 Å². The molecule has 1 N–H and O–H groups in total.